The fourth-order valence-electron chi connectivity index (χ4n) is 2.39. The summed E-state index contributed by atoms with van der Waals surface area (Å²) in [6.07, 6.45) is 1.49. The van der Waals surface area contributed by atoms with E-state index in [-0.39, 0.29) is 5.91 Å². The normalized spacial score (nSPS) is 10.7. The Morgan fingerprint density at radius 3 is 2.79 bits per heavy atom. The summed E-state index contributed by atoms with van der Waals surface area (Å²) in [7, 11) is 0. The van der Waals surface area contributed by atoms with Gasteiger partial charge in [0.25, 0.3) is 5.91 Å². The summed E-state index contributed by atoms with van der Waals surface area (Å²) in [5.74, 6) is -0.269. The number of para-hydroxylation sites is 1. The molecule has 0 fully saturated rings. The van der Waals surface area contributed by atoms with Crippen molar-refractivity contribution in [3.05, 3.63) is 72.7 Å². The number of carbonyl (C=O) groups is 1. The molecule has 0 aliphatic rings. The van der Waals surface area contributed by atoms with Crippen LogP contribution in [0, 0.1) is 0 Å². The average molecular weight is 316 g/mol. The highest BCUT2D eigenvalue weighted by atomic mass is 16.1. The zero-order valence-corrected chi connectivity index (χ0v) is 12.5. The second kappa shape index (κ2) is 5.88. The number of rotatable bonds is 3. The summed E-state index contributed by atoms with van der Waals surface area (Å²) >= 11 is 0. The van der Waals surface area contributed by atoms with Crippen molar-refractivity contribution in [2.24, 2.45) is 0 Å². The van der Waals surface area contributed by atoms with Gasteiger partial charge in [0.1, 0.15) is 12.0 Å². The Kier molecular flexibility index (Phi) is 3.43. The largest absolute Gasteiger partial charge is 0.321 e. The van der Waals surface area contributed by atoms with Gasteiger partial charge in [0.2, 0.25) is 0 Å². The van der Waals surface area contributed by atoms with Gasteiger partial charge in [-0.05, 0) is 40.8 Å². The number of aromatic nitrogens is 5. The molecule has 0 aliphatic heterocycles. The molecule has 1 N–H and O–H groups in total. The minimum atomic E-state index is -0.269. The second-order valence-corrected chi connectivity index (χ2v) is 5.15. The maximum atomic E-state index is 12.4. The van der Waals surface area contributed by atoms with E-state index in [1.165, 1.54) is 11.0 Å². The summed E-state index contributed by atoms with van der Waals surface area (Å²) in [5.41, 5.74) is 2.54. The topological polar surface area (TPSA) is 85.6 Å². The van der Waals surface area contributed by atoms with Gasteiger partial charge in [-0.2, -0.15) is 0 Å². The third kappa shape index (κ3) is 2.70. The van der Waals surface area contributed by atoms with E-state index in [1.54, 1.807) is 18.2 Å². The minimum absolute atomic E-state index is 0.269. The number of nitrogens with zero attached hydrogens (tertiary/aromatic N) is 5. The van der Waals surface area contributed by atoms with E-state index in [2.05, 4.69) is 25.8 Å². The Morgan fingerprint density at radius 2 is 1.92 bits per heavy atom. The third-order valence-corrected chi connectivity index (χ3v) is 3.55. The maximum Gasteiger partial charge on any atom is 0.274 e. The van der Waals surface area contributed by atoms with E-state index < -0.39 is 0 Å². The molecule has 116 valence electrons. The minimum Gasteiger partial charge on any atom is -0.321 e. The summed E-state index contributed by atoms with van der Waals surface area (Å²) in [6, 6.07) is 18.5. The lowest BCUT2D eigenvalue weighted by molar-refractivity contribution is 0.102. The Bertz CT molecular complexity index is 1010. The standard InChI is InChI=1S/C17H12N6O/c24-17(16-9-8-12-4-1-2-7-15(12)20-16)19-13-5-3-6-14(10-13)23-11-18-21-22-23/h1-11H,(H,19,24). The molecule has 0 spiro atoms. The number of hydrogen-bond acceptors (Lipinski definition) is 5. The molecule has 0 saturated carbocycles. The van der Waals surface area contributed by atoms with Crippen molar-refractivity contribution in [2.75, 3.05) is 5.32 Å². The zero-order valence-electron chi connectivity index (χ0n) is 12.5. The molecule has 2 aromatic carbocycles. The highest BCUT2D eigenvalue weighted by molar-refractivity contribution is 6.04. The molecule has 1 amide bonds. The summed E-state index contributed by atoms with van der Waals surface area (Å²) < 4.78 is 1.52. The van der Waals surface area contributed by atoms with Gasteiger partial charge in [0.05, 0.1) is 11.2 Å². The SMILES string of the molecule is O=C(Nc1cccc(-n2cnnn2)c1)c1ccc2ccccc2n1. The van der Waals surface area contributed by atoms with E-state index in [0.717, 1.165) is 16.6 Å². The first-order chi connectivity index (χ1) is 11.8. The van der Waals surface area contributed by atoms with E-state index in [9.17, 15) is 4.79 Å². The number of amides is 1. The van der Waals surface area contributed by atoms with Crippen LogP contribution in [0.15, 0.2) is 67.0 Å². The maximum absolute atomic E-state index is 12.4. The van der Waals surface area contributed by atoms with E-state index in [1.807, 2.05) is 42.5 Å². The molecule has 4 aromatic rings. The van der Waals surface area contributed by atoms with Crippen LogP contribution in [0.5, 0.6) is 0 Å². The molecule has 0 atom stereocenters. The summed E-state index contributed by atoms with van der Waals surface area (Å²) in [6.45, 7) is 0. The van der Waals surface area contributed by atoms with Gasteiger partial charge in [-0.3, -0.25) is 4.79 Å². The fourth-order valence-corrected chi connectivity index (χ4v) is 2.39. The Hall–Kier alpha value is -3.61. The molecule has 24 heavy (non-hydrogen) atoms. The molecule has 0 radical (unpaired) electrons. The fraction of sp³-hybridized carbons (Fsp3) is 0. The second-order valence-electron chi connectivity index (χ2n) is 5.15. The third-order valence-electron chi connectivity index (χ3n) is 3.55. The van der Waals surface area contributed by atoms with Gasteiger partial charge in [-0.15, -0.1) is 5.10 Å². The van der Waals surface area contributed by atoms with Crippen molar-refractivity contribution in [2.45, 2.75) is 0 Å². The van der Waals surface area contributed by atoms with Crippen molar-refractivity contribution in [3.8, 4) is 5.69 Å². The molecule has 4 rings (SSSR count). The summed E-state index contributed by atoms with van der Waals surface area (Å²) in [4.78, 5) is 16.8. The number of benzene rings is 2. The number of anilines is 1. The van der Waals surface area contributed by atoms with Crippen LogP contribution in [0.2, 0.25) is 0 Å². The molecule has 2 heterocycles. The molecule has 0 bridgehead atoms. The molecular formula is C17H12N6O. The molecule has 7 nitrogen and oxygen atoms in total. The van der Waals surface area contributed by atoms with Crippen LogP contribution in [0.25, 0.3) is 16.6 Å². The first-order valence-corrected chi connectivity index (χ1v) is 7.30. The van der Waals surface area contributed by atoms with Gasteiger partial charge in [0, 0.05) is 11.1 Å². The Morgan fingerprint density at radius 1 is 1.00 bits per heavy atom. The summed E-state index contributed by atoms with van der Waals surface area (Å²) in [5, 5.41) is 14.9. The van der Waals surface area contributed by atoms with Gasteiger partial charge in [-0.25, -0.2) is 9.67 Å². The van der Waals surface area contributed by atoms with Gasteiger partial charge < -0.3 is 5.32 Å². The Labute approximate surface area is 137 Å². The van der Waals surface area contributed by atoms with Gasteiger partial charge in [-0.1, -0.05) is 30.3 Å². The smallest absolute Gasteiger partial charge is 0.274 e. The molecule has 7 heteroatoms. The van der Waals surface area contributed by atoms with E-state index in [0.29, 0.717) is 11.4 Å². The van der Waals surface area contributed by atoms with Crippen molar-refractivity contribution < 1.29 is 4.79 Å². The number of tetrazole rings is 1. The van der Waals surface area contributed by atoms with Crippen LogP contribution in [0.4, 0.5) is 5.69 Å². The van der Waals surface area contributed by atoms with E-state index in [4.69, 9.17) is 0 Å². The zero-order chi connectivity index (χ0) is 16.4. The lowest BCUT2D eigenvalue weighted by Gasteiger charge is -2.07. The highest BCUT2D eigenvalue weighted by Gasteiger charge is 2.09. The van der Waals surface area contributed by atoms with Crippen LogP contribution in [0.3, 0.4) is 0 Å². The monoisotopic (exact) mass is 316 g/mol. The number of pyridine rings is 1. The Balaban J connectivity index is 1.60. The lowest BCUT2D eigenvalue weighted by atomic mass is 10.2. The van der Waals surface area contributed by atoms with Crippen LogP contribution < -0.4 is 5.32 Å². The predicted molar refractivity (Wildman–Crippen MR) is 88.9 cm³/mol. The molecule has 2 aromatic heterocycles. The van der Waals surface area contributed by atoms with Gasteiger partial charge in [0.15, 0.2) is 0 Å². The van der Waals surface area contributed by atoms with Crippen LogP contribution >= 0.6 is 0 Å². The first-order valence-electron chi connectivity index (χ1n) is 7.30. The molecule has 0 aliphatic carbocycles. The van der Waals surface area contributed by atoms with Crippen LogP contribution in [-0.4, -0.2) is 31.1 Å². The van der Waals surface area contributed by atoms with E-state index >= 15 is 0 Å². The lowest BCUT2D eigenvalue weighted by Crippen LogP contribution is -2.13. The quantitative estimate of drug-likeness (QED) is 0.627. The number of nitrogens with one attached hydrogen (secondary N) is 1. The van der Waals surface area contributed by atoms with Crippen molar-refractivity contribution >= 4 is 22.5 Å². The predicted octanol–water partition coefficient (Wildman–Crippen LogP) is 2.46. The number of carbonyl (C=O) groups excluding carboxylic acids is 1. The van der Waals surface area contributed by atoms with Gasteiger partial charge >= 0.3 is 0 Å². The first kappa shape index (κ1) is 14.0. The highest BCUT2D eigenvalue weighted by Crippen LogP contribution is 2.16. The van der Waals surface area contributed by atoms with Crippen molar-refractivity contribution in [1.29, 1.82) is 0 Å². The van der Waals surface area contributed by atoms with Crippen molar-refractivity contribution in [3.63, 3.8) is 0 Å². The average Bonchev–Trinajstić information content (AvgIpc) is 3.16. The molecule has 0 saturated heterocycles. The van der Waals surface area contributed by atoms with Crippen LogP contribution in [0.1, 0.15) is 10.5 Å². The van der Waals surface area contributed by atoms with Crippen LogP contribution in [-0.2, 0) is 0 Å². The molecular weight excluding hydrogens is 304 g/mol. The molecule has 0 unspecified atom stereocenters. The van der Waals surface area contributed by atoms with Crippen molar-refractivity contribution in [1.82, 2.24) is 25.2 Å². The number of fused-ring (bicyclic) bond motifs is 1. The number of hydrogen-bond donors (Lipinski definition) is 1.